The number of carbonyl (C=O) groups excluding carboxylic acids is 1. The summed E-state index contributed by atoms with van der Waals surface area (Å²) in [6.07, 6.45) is 0.735. The minimum atomic E-state index is -0.288. The third kappa shape index (κ3) is 4.81. The quantitative estimate of drug-likeness (QED) is 0.666. The van der Waals surface area contributed by atoms with Gasteiger partial charge in [-0.3, -0.25) is 9.59 Å². The van der Waals surface area contributed by atoms with Crippen LogP contribution in [0.3, 0.4) is 0 Å². The van der Waals surface area contributed by atoms with Crippen molar-refractivity contribution in [2.24, 2.45) is 0 Å². The number of hydrogen-bond donors (Lipinski definition) is 1. The molecule has 0 saturated carbocycles. The van der Waals surface area contributed by atoms with Gasteiger partial charge in [-0.2, -0.15) is 5.10 Å². The van der Waals surface area contributed by atoms with Gasteiger partial charge < -0.3 is 19.7 Å². The summed E-state index contributed by atoms with van der Waals surface area (Å²) in [5, 5.41) is 7.01. The fourth-order valence-electron chi connectivity index (χ4n) is 2.15. The van der Waals surface area contributed by atoms with Crippen LogP contribution in [-0.4, -0.2) is 62.3 Å². The summed E-state index contributed by atoms with van der Waals surface area (Å²) in [6, 6.07) is 3.12. The Labute approximate surface area is 129 Å². The van der Waals surface area contributed by atoms with Crippen LogP contribution in [0.4, 0.5) is 5.82 Å². The zero-order valence-electron chi connectivity index (χ0n) is 12.8. The van der Waals surface area contributed by atoms with Gasteiger partial charge in [0.1, 0.15) is 12.4 Å². The van der Waals surface area contributed by atoms with Crippen LogP contribution < -0.4 is 15.8 Å². The second kappa shape index (κ2) is 8.50. The smallest absolute Gasteiger partial charge is 0.267 e. The number of ether oxygens (including phenoxy) is 2. The molecule has 1 amide bonds. The van der Waals surface area contributed by atoms with Crippen molar-refractivity contribution >= 4 is 11.7 Å². The number of nitrogens with one attached hydrogen (secondary N) is 1. The van der Waals surface area contributed by atoms with E-state index in [9.17, 15) is 9.59 Å². The Kier molecular flexibility index (Phi) is 6.35. The monoisotopic (exact) mass is 310 g/mol. The Hall–Kier alpha value is -1.93. The number of hydrogen-bond acceptors (Lipinski definition) is 6. The van der Waals surface area contributed by atoms with E-state index in [1.165, 1.54) is 10.7 Å². The average molecular weight is 310 g/mol. The number of anilines is 1. The first kappa shape index (κ1) is 16.4. The first-order valence-corrected chi connectivity index (χ1v) is 7.37. The maximum absolute atomic E-state index is 11.8. The highest BCUT2D eigenvalue weighted by Gasteiger charge is 2.14. The van der Waals surface area contributed by atoms with Gasteiger partial charge in [0, 0.05) is 39.4 Å². The zero-order valence-corrected chi connectivity index (χ0v) is 12.8. The van der Waals surface area contributed by atoms with Crippen molar-refractivity contribution in [1.82, 2.24) is 15.1 Å². The molecule has 0 spiro atoms. The normalized spacial score (nSPS) is 14.9. The number of nitrogens with zero attached hydrogens (tertiary/aromatic N) is 3. The highest BCUT2D eigenvalue weighted by atomic mass is 16.5. The van der Waals surface area contributed by atoms with Gasteiger partial charge in [0.25, 0.3) is 5.56 Å². The molecule has 1 N–H and O–H groups in total. The fourth-order valence-corrected chi connectivity index (χ4v) is 2.15. The van der Waals surface area contributed by atoms with Crippen molar-refractivity contribution < 1.29 is 14.3 Å². The summed E-state index contributed by atoms with van der Waals surface area (Å²) in [7, 11) is 1.61. The van der Waals surface area contributed by atoms with Crippen molar-refractivity contribution in [3.05, 3.63) is 22.5 Å². The molecule has 0 aromatic carbocycles. The molecule has 122 valence electrons. The van der Waals surface area contributed by atoms with E-state index in [-0.39, 0.29) is 18.0 Å². The summed E-state index contributed by atoms with van der Waals surface area (Å²) in [5.74, 6) is 0.458. The standard InChI is InChI=1S/C14H22N4O4/c1-21-8-2-5-15-13(19)11-18-14(20)4-3-12(16-18)17-6-9-22-10-7-17/h3-4H,2,5-11H2,1H3,(H,15,19). The van der Waals surface area contributed by atoms with Crippen LogP contribution in [0.2, 0.25) is 0 Å². The van der Waals surface area contributed by atoms with Gasteiger partial charge in [0.15, 0.2) is 0 Å². The van der Waals surface area contributed by atoms with Gasteiger partial charge in [-0.05, 0) is 12.5 Å². The third-order valence-electron chi connectivity index (χ3n) is 3.33. The van der Waals surface area contributed by atoms with Crippen LogP contribution >= 0.6 is 0 Å². The molecule has 0 unspecified atom stereocenters. The number of morpholine rings is 1. The van der Waals surface area contributed by atoms with E-state index in [1.807, 2.05) is 4.90 Å². The van der Waals surface area contributed by atoms with Crippen molar-refractivity contribution in [2.75, 3.05) is 51.5 Å². The van der Waals surface area contributed by atoms with Gasteiger partial charge in [-0.25, -0.2) is 4.68 Å². The molecule has 0 atom stereocenters. The largest absolute Gasteiger partial charge is 0.385 e. The van der Waals surface area contributed by atoms with Gasteiger partial charge >= 0.3 is 0 Å². The Morgan fingerprint density at radius 1 is 1.41 bits per heavy atom. The molecular weight excluding hydrogens is 288 g/mol. The predicted octanol–water partition coefficient (Wildman–Crippen LogP) is -0.767. The molecular formula is C14H22N4O4. The molecule has 2 heterocycles. The van der Waals surface area contributed by atoms with Crippen LogP contribution in [0, 0.1) is 0 Å². The lowest BCUT2D eigenvalue weighted by Crippen LogP contribution is -2.39. The summed E-state index contributed by atoms with van der Waals surface area (Å²) in [6.45, 7) is 3.77. The van der Waals surface area contributed by atoms with E-state index >= 15 is 0 Å². The molecule has 22 heavy (non-hydrogen) atoms. The molecule has 1 aromatic rings. The molecule has 1 aliphatic rings. The molecule has 0 aliphatic carbocycles. The van der Waals surface area contributed by atoms with E-state index in [4.69, 9.17) is 9.47 Å². The Morgan fingerprint density at radius 3 is 2.91 bits per heavy atom. The number of aromatic nitrogens is 2. The van der Waals surface area contributed by atoms with Crippen molar-refractivity contribution in [3.8, 4) is 0 Å². The van der Waals surface area contributed by atoms with Crippen molar-refractivity contribution in [1.29, 1.82) is 0 Å². The van der Waals surface area contributed by atoms with E-state index in [0.717, 1.165) is 19.5 Å². The maximum Gasteiger partial charge on any atom is 0.267 e. The van der Waals surface area contributed by atoms with Crippen LogP contribution in [0.25, 0.3) is 0 Å². The number of methoxy groups -OCH3 is 1. The minimum Gasteiger partial charge on any atom is -0.385 e. The maximum atomic E-state index is 11.8. The summed E-state index contributed by atoms with van der Waals surface area (Å²) in [5.41, 5.74) is -0.288. The number of rotatable bonds is 7. The van der Waals surface area contributed by atoms with E-state index in [1.54, 1.807) is 13.2 Å². The van der Waals surface area contributed by atoms with E-state index in [0.29, 0.717) is 32.2 Å². The first-order valence-electron chi connectivity index (χ1n) is 7.37. The molecule has 1 saturated heterocycles. The molecule has 0 radical (unpaired) electrons. The van der Waals surface area contributed by atoms with Crippen molar-refractivity contribution in [3.63, 3.8) is 0 Å². The molecule has 1 aromatic heterocycles. The molecule has 8 nitrogen and oxygen atoms in total. The average Bonchev–Trinajstić information content (AvgIpc) is 2.54. The highest BCUT2D eigenvalue weighted by Crippen LogP contribution is 2.09. The minimum absolute atomic E-state index is 0.0794. The van der Waals surface area contributed by atoms with Crippen LogP contribution in [0.5, 0.6) is 0 Å². The van der Waals surface area contributed by atoms with Crippen LogP contribution in [-0.2, 0) is 20.8 Å². The molecule has 2 rings (SSSR count). The third-order valence-corrected chi connectivity index (χ3v) is 3.33. The Balaban J connectivity index is 1.94. The second-order valence-electron chi connectivity index (χ2n) is 4.98. The lowest BCUT2D eigenvalue weighted by molar-refractivity contribution is -0.121. The predicted molar refractivity (Wildman–Crippen MR) is 81.0 cm³/mol. The number of amides is 1. The molecule has 1 fully saturated rings. The van der Waals surface area contributed by atoms with E-state index < -0.39 is 0 Å². The molecule has 0 bridgehead atoms. The summed E-state index contributed by atoms with van der Waals surface area (Å²) in [4.78, 5) is 25.7. The summed E-state index contributed by atoms with van der Waals surface area (Å²) >= 11 is 0. The lowest BCUT2D eigenvalue weighted by Gasteiger charge is -2.27. The summed E-state index contributed by atoms with van der Waals surface area (Å²) < 4.78 is 11.4. The SMILES string of the molecule is COCCCNC(=O)Cn1nc(N2CCOCC2)ccc1=O. The lowest BCUT2D eigenvalue weighted by atomic mass is 10.4. The Morgan fingerprint density at radius 2 is 2.18 bits per heavy atom. The van der Waals surface area contributed by atoms with E-state index in [2.05, 4.69) is 10.4 Å². The van der Waals surface area contributed by atoms with Gasteiger partial charge in [-0.1, -0.05) is 0 Å². The number of carbonyl (C=O) groups is 1. The highest BCUT2D eigenvalue weighted by molar-refractivity contribution is 5.75. The second-order valence-corrected chi connectivity index (χ2v) is 4.98. The fraction of sp³-hybridized carbons (Fsp3) is 0.643. The van der Waals surface area contributed by atoms with Crippen molar-refractivity contribution in [2.45, 2.75) is 13.0 Å². The van der Waals surface area contributed by atoms with Gasteiger partial charge in [0.05, 0.1) is 13.2 Å². The molecule has 8 heteroatoms. The van der Waals surface area contributed by atoms with Crippen LogP contribution in [0.1, 0.15) is 6.42 Å². The van der Waals surface area contributed by atoms with Gasteiger partial charge in [-0.15, -0.1) is 0 Å². The topological polar surface area (TPSA) is 85.7 Å². The zero-order chi connectivity index (χ0) is 15.8. The van der Waals surface area contributed by atoms with Crippen LogP contribution in [0.15, 0.2) is 16.9 Å². The van der Waals surface area contributed by atoms with Gasteiger partial charge in [0.2, 0.25) is 5.91 Å². The Bertz CT molecular complexity index is 540. The first-order chi connectivity index (χ1) is 10.7. The molecule has 1 aliphatic heterocycles.